The van der Waals surface area contributed by atoms with E-state index in [2.05, 4.69) is 20.9 Å². The van der Waals surface area contributed by atoms with Crippen molar-refractivity contribution in [2.45, 2.75) is 6.61 Å². The highest BCUT2D eigenvalue weighted by molar-refractivity contribution is 9.10. The molecule has 0 atom stereocenters. The summed E-state index contributed by atoms with van der Waals surface area (Å²) in [7, 11) is 0. The van der Waals surface area contributed by atoms with E-state index in [4.69, 9.17) is 10.5 Å². The van der Waals surface area contributed by atoms with E-state index in [9.17, 15) is 14.9 Å². The Morgan fingerprint density at radius 3 is 2.62 bits per heavy atom. The smallest absolute Gasteiger partial charge is 0.286 e. The fourth-order valence-electron chi connectivity index (χ4n) is 2.21. The van der Waals surface area contributed by atoms with E-state index >= 15 is 0 Å². The number of nitro benzene ring substituents is 1. The summed E-state index contributed by atoms with van der Waals surface area (Å²) in [4.78, 5) is 26.1. The Morgan fingerprint density at radius 1 is 1.27 bits per heavy atom. The molecule has 2 aromatic rings. The third-order valence-corrected chi connectivity index (χ3v) is 4.74. The Bertz CT molecular complexity index is 942. The number of halogens is 1. The van der Waals surface area contributed by atoms with E-state index in [1.807, 2.05) is 12.1 Å². The van der Waals surface area contributed by atoms with Crippen molar-refractivity contribution in [3.05, 3.63) is 73.1 Å². The Labute approximate surface area is 161 Å². The molecule has 7 nitrogen and oxygen atoms in total. The number of amidine groups is 1. The third-order valence-electron chi connectivity index (χ3n) is 3.44. The monoisotopic (exact) mass is 433 g/mol. The molecule has 2 aromatic carbocycles. The zero-order chi connectivity index (χ0) is 18.7. The van der Waals surface area contributed by atoms with Crippen LogP contribution in [0.15, 0.2) is 56.8 Å². The standard InChI is InChI=1S/C17H12BrN3O4S/c18-12-3-6-14(11(7-12)8-15-16(22)20-17(19)26-15)25-9-10-1-4-13(5-2-10)21(23)24/h1-8H,9H2,(H2,19,20,22)/b15-8-. The summed E-state index contributed by atoms with van der Waals surface area (Å²) < 4.78 is 6.66. The van der Waals surface area contributed by atoms with Gasteiger partial charge in [0.05, 0.1) is 9.83 Å². The molecule has 0 fully saturated rings. The SMILES string of the molecule is NC1=NC(=O)/C(=C/c2cc(Br)ccc2OCc2ccc([N+](=O)[O-])cc2)S1. The summed E-state index contributed by atoms with van der Waals surface area (Å²) in [5.74, 6) is 0.187. The average molecular weight is 434 g/mol. The van der Waals surface area contributed by atoms with Crippen LogP contribution in [0.4, 0.5) is 5.69 Å². The molecule has 0 bridgehead atoms. The number of carbonyl (C=O) groups is 1. The maximum atomic E-state index is 11.8. The van der Waals surface area contributed by atoms with Crippen molar-refractivity contribution in [2.24, 2.45) is 10.7 Å². The summed E-state index contributed by atoms with van der Waals surface area (Å²) in [6.07, 6.45) is 1.67. The Morgan fingerprint density at radius 2 is 2.00 bits per heavy atom. The largest absolute Gasteiger partial charge is 0.488 e. The lowest BCUT2D eigenvalue weighted by Gasteiger charge is -2.10. The highest BCUT2D eigenvalue weighted by atomic mass is 79.9. The quantitative estimate of drug-likeness (QED) is 0.435. The highest BCUT2D eigenvalue weighted by Gasteiger charge is 2.20. The van der Waals surface area contributed by atoms with Crippen molar-refractivity contribution in [3.63, 3.8) is 0 Å². The van der Waals surface area contributed by atoms with Gasteiger partial charge in [-0.25, -0.2) is 0 Å². The van der Waals surface area contributed by atoms with Crippen LogP contribution in [0, 0.1) is 10.1 Å². The van der Waals surface area contributed by atoms with Crippen molar-refractivity contribution in [1.29, 1.82) is 0 Å². The number of nitrogens with two attached hydrogens (primary N) is 1. The zero-order valence-electron chi connectivity index (χ0n) is 13.2. The number of benzene rings is 2. The predicted molar refractivity (Wildman–Crippen MR) is 104 cm³/mol. The number of amides is 1. The lowest BCUT2D eigenvalue weighted by molar-refractivity contribution is -0.384. The van der Waals surface area contributed by atoms with Crippen LogP contribution in [-0.4, -0.2) is 16.0 Å². The molecule has 1 aliphatic rings. The molecule has 2 N–H and O–H groups in total. The second-order valence-corrected chi connectivity index (χ2v) is 7.24. The van der Waals surface area contributed by atoms with Crippen molar-refractivity contribution in [1.82, 2.24) is 0 Å². The lowest BCUT2D eigenvalue weighted by Crippen LogP contribution is -2.01. The van der Waals surface area contributed by atoms with E-state index in [-0.39, 0.29) is 23.4 Å². The van der Waals surface area contributed by atoms with Crippen LogP contribution >= 0.6 is 27.7 Å². The molecule has 0 unspecified atom stereocenters. The Hall–Kier alpha value is -2.65. The van der Waals surface area contributed by atoms with Gasteiger partial charge in [0.1, 0.15) is 12.4 Å². The first-order valence-corrected chi connectivity index (χ1v) is 8.97. The summed E-state index contributed by atoms with van der Waals surface area (Å²) in [6.45, 7) is 0.232. The molecule has 0 saturated carbocycles. The maximum absolute atomic E-state index is 11.8. The van der Waals surface area contributed by atoms with Crippen molar-refractivity contribution < 1.29 is 14.5 Å². The first kappa shape index (κ1) is 18.2. The Balaban J connectivity index is 1.79. The van der Waals surface area contributed by atoms with Crippen LogP contribution < -0.4 is 10.5 Å². The summed E-state index contributed by atoms with van der Waals surface area (Å²) >= 11 is 4.50. The molecule has 0 aromatic heterocycles. The summed E-state index contributed by atoms with van der Waals surface area (Å²) in [5, 5.41) is 10.9. The number of hydrogen-bond donors (Lipinski definition) is 1. The summed E-state index contributed by atoms with van der Waals surface area (Å²) in [5.41, 5.74) is 7.08. The number of nitro groups is 1. The normalized spacial score (nSPS) is 15.2. The lowest BCUT2D eigenvalue weighted by atomic mass is 10.1. The van der Waals surface area contributed by atoms with Crippen molar-refractivity contribution in [2.75, 3.05) is 0 Å². The van der Waals surface area contributed by atoms with E-state index in [1.165, 1.54) is 12.1 Å². The van der Waals surface area contributed by atoms with Crippen LogP contribution in [0.5, 0.6) is 5.75 Å². The molecule has 1 heterocycles. The molecule has 0 radical (unpaired) electrons. The van der Waals surface area contributed by atoms with Gasteiger partial charge in [-0.15, -0.1) is 0 Å². The molecule has 1 aliphatic heterocycles. The van der Waals surface area contributed by atoms with Gasteiger partial charge in [0.15, 0.2) is 5.17 Å². The van der Waals surface area contributed by atoms with Gasteiger partial charge in [-0.2, -0.15) is 4.99 Å². The van der Waals surface area contributed by atoms with Crippen LogP contribution in [0.1, 0.15) is 11.1 Å². The molecule has 132 valence electrons. The van der Waals surface area contributed by atoms with Crippen molar-refractivity contribution >= 4 is 50.5 Å². The fraction of sp³-hybridized carbons (Fsp3) is 0.0588. The number of carbonyl (C=O) groups excluding carboxylic acids is 1. The molecule has 3 rings (SSSR count). The van der Waals surface area contributed by atoms with E-state index < -0.39 is 4.92 Å². The minimum Gasteiger partial charge on any atom is -0.488 e. The topological polar surface area (TPSA) is 108 Å². The number of hydrogen-bond acceptors (Lipinski definition) is 6. The van der Waals surface area contributed by atoms with Gasteiger partial charge in [-0.05, 0) is 53.7 Å². The number of nitrogens with zero attached hydrogens (tertiary/aromatic N) is 2. The van der Waals surface area contributed by atoms with Gasteiger partial charge in [0.2, 0.25) is 0 Å². The predicted octanol–water partition coefficient (Wildman–Crippen LogP) is 3.87. The molecular formula is C17H12BrN3O4S. The second-order valence-electron chi connectivity index (χ2n) is 5.26. The number of thioether (sulfide) groups is 1. The van der Waals surface area contributed by atoms with Crippen LogP contribution in [-0.2, 0) is 11.4 Å². The minimum absolute atomic E-state index is 0.0252. The number of non-ortho nitro benzene ring substituents is 1. The van der Waals surface area contributed by atoms with Gasteiger partial charge < -0.3 is 10.5 Å². The molecule has 0 saturated heterocycles. The van der Waals surface area contributed by atoms with E-state index in [1.54, 1.807) is 24.3 Å². The van der Waals surface area contributed by atoms with Crippen LogP contribution in [0.25, 0.3) is 6.08 Å². The number of rotatable bonds is 5. The fourth-order valence-corrected chi connectivity index (χ4v) is 3.26. The van der Waals surface area contributed by atoms with Crippen molar-refractivity contribution in [3.8, 4) is 5.75 Å². The van der Waals surface area contributed by atoms with E-state index in [0.717, 1.165) is 21.8 Å². The number of aliphatic imine (C=N–C) groups is 1. The summed E-state index contributed by atoms with van der Waals surface area (Å²) in [6, 6.07) is 11.5. The van der Waals surface area contributed by atoms with Crippen LogP contribution in [0.2, 0.25) is 0 Å². The van der Waals surface area contributed by atoms with Gasteiger partial charge >= 0.3 is 0 Å². The maximum Gasteiger partial charge on any atom is 0.286 e. The van der Waals surface area contributed by atoms with E-state index in [0.29, 0.717) is 16.2 Å². The van der Waals surface area contributed by atoms with Gasteiger partial charge in [-0.3, -0.25) is 14.9 Å². The first-order valence-electron chi connectivity index (χ1n) is 7.36. The minimum atomic E-state index is -0.451. The highest BCUT2D eigenvalue weighted by Crippen LogP contribution is 2.31. The molecule has 9 heteroatoms. The molecule has 0 aliphatic carbocycles. The molecular weight excluding hydrogens is 422 g/mol. The second kappa shape index (κ2) is 7.71. The number of ether oxygens (including phenoxy) is 1. The Kier molecular flexibility index (Phi) is 5.38. The average Bonchev–Trinajstić information content (AvgIpc) is 2.92. The third kappa shape index (κ3) is 4.30. The van der Waals surface area contributed by atoms with Gasteiger partial charge in [0.25, 0.3) is 11.6 Å². The first-order chi connectivity index (χ1) is 12.4. The molecule has 0 spiro atoms. The van der Waals surface area contributed by atoms with Gasteiger partial charge in [0, 0.05) is 22.2 Å². The van der Waals surface area contributed by atoms with Crippen LogP contribution in [0.3, 0.4) is 0 Å². The molecule has 1 amide bonds. The van der Waals surface area contributed by atoms with Gasteiger partial charge in [-0.1, -0.05) is 15.9 Å². The molecule has 26 heavy (non-hydrogen) atoms. The zero-order valence-corrected chi connectivity index (χ0v) is 15.6.